The molecule has 116 valence electrons. The zero-order chi connectivity index (χ0) is 16.4. The molecule has 0 aliphatic heterocycles. The smallest absolute Gasteiger partial charge is 0.123 e. The minimum atomic E-state index is -0.0994. The second kappa shape index (κ2) is 6.12. The third kappa shape index (κ3) is 4.51. The van der Waals surface area contributed by atoms with Gasteiger partial charge in [-0.2, -0.15) is 0 Å². The Morgan fingerprint density at radius 2 is 1.52 bits per heavy atom. The summed E-state index contributed by atoms with van der Waals surface area (Å²) in [6.07, 6.45) is 5.41. The Balaban J connectivity index is 3.31. The SMILES string of the molecule is C#CC(C)NCc1cc(C(C)(C)C)c(O)c(C(C)(C)C)c1. The summed E-state index contributed by atoms with van der Waals surface area (Å²) in [5, 5.41) is 14.0. The van der Waals surface area contributed by atoms with Gasteiger partial charge in [0, 0.05) is 6.54 Å². The van der Waals surface area contributed by atoms with Gasteiger partial charge in [-0.1, -0.05) is 59.6 Å². The number of aromatic hydroxyl groups is 1. The van der Waals surface area contributed by atoms with Crippen molar-refractivity contribution in [2.75, 3.05) is 0 Å². The van der Waals surface area contributed by atoms with Crippen molar-refractivity contribution in [2.24, 2.45) is 0 Å². The minimum absolute atomic E-state index is 0.0370. The number of phenolic OH excluding ortho intramolecular Hbond substituents is 1. The molecule has 2 heteroatoms. The van der Waals surface area contributed by atoms with Crippen LogP contribution in [0.5, 0.6) is 5.75 Å². The fourth-order valence-corrected chi connectivity index (χ4v) is 2.27. The number of nitrogens with one attached hydrogen (secondary N) is 1. The molecule has 1 aromatic rings. The van der Waals surface area contributed by atoms with Gasteiger partial charge in [-0.05, 0) is 34.4 Å². The van der Waals surface area contributed by atoms with Crippen molar-refractivity contribution in [1.29, 1.82) is 0 Å². The van der Waals surface area contributed by atoms with Gasteiger partial charge in [-0.15, -0.1) is 6.42 Å². The van der Waals surface area contributed by atoms with E-state index in [2.05, 4.69) is 64.9 Å². The third-order valence-corrected chi connectivity index (χ3v) is 3.65. The summed E-state index contributed by atoms with van der Waals surface area (Å²) in [4.78, 5) is 0. The highest BCUT2D eigenvalue weighted by Crippen LogP contribution is 2.39. The van der Waals surface area contributed by atoms with Crippen molar-refractivity contribution < 1.29 is 5.11 Å². The lowest BCUT2D eigenvalue weighted by Gasteiger charge is -2.28. The van der Waals surface area contributed by atoms with Gasteiger partial charge in [0.1, 0.15) is 5.75 Å². The Bertz CT molecular complexity index is 503. The van der Waals surface area contributed by atoms with Crippen LogP contribution in [0.2, 0.25) is 0 Å². The molecule has 0 spiro atoms. The first-order chi connectivity index (χ1) is 9.46. The summed E-state index contributed by atoms with van der Waals surface area (Å²) in [6, 6.07) is 4.21. The number of phenols is 1. The summed E-state index contributed by atoms with van der Waals surface area (Å²) < 4.78 is 0. The van der Waals surface area contributed by atoms with Crippen molar-refractivity contribution in [3.05, 3.63) is 28.8 Å². The molecule has 0 aromatic heterocycles. The van der Waals surface area contributed by atoms with Crippen LogP contribution >= 0.6 is 0 Å². The molecule has 0 radical (unpaired) electrons. The van der Waals surface area contributed by atoms with Crippen molar-refractivity contribution in [2.45, 2.75) is 71.9 Å². The van der Waals surface area contributed by atoms with Gasteiger partial charge in [0.2, 0.25) is 0 Å². The average Bonchev–Trinajstić information content (AvgIpc) is 2.34. The molecule has 0 saturated carbocycles. The van der Waals surface area contributed by atoms with Crippen molar-refractivity contribution in [3.63, 3.8) is 0 Å². The monoisotopic (exact) mass is 287 g/mol. The van der Waals surface area contributed by atoms with E-state index in [9.17, 15) is 5.11 Å². The Labute approximate surface area is 130 Å². The Hall–Kier alpha value is -1.46. The van der Waals surface area contributed by atoms with E-state index in [-0.39, 0.29) is 16.9 Å². The molecule has 0 fully saturated rings. The largest absolute Gasteiger partial charge is 0.507 e. The van der Waals surface area contributed by atoms with Gasteiger partial charge in [0.25, 0.3) is 0 Å². The normalized spacial score (nSPS) is 13.8. The predicted molar refractivity (Wildman–Crippen MR) is 90.6 cm³/mol. The Morgan fingerprint density at radius 3 is 1.86 bits per heavy atom. The fourth-order valence-electron chi connectivity index (χ4n) is 2.27. The highest BCUT2D eigenvalue weighted by atomic mass is 16.3. The Morgan fingerprint density at radius 1 is 1.10 bits per heavy atom. The average molecular weight is 287 g/mol. The van der Waals surface area contributed by atoms with Gasteiger partial charge < -0.3 is 5.11 Å². The maximum atomic E-state index is 10.7. The third-order valence-electron chi connectivity index (χ3n) is 3.65. The van der Waals surface area contributed by atoms with Crippen LogP contribution in [0.3, 0.4) is 0 Å². The lowest BCUT2D eigenvalue weighted by atomic mass is 9.78. The fraction of sp³-hybridized carbons (Fsp3) is 0.579. The second-order valence-electron chi connectivity index (χ2n) is 7.81. The lowest BCUT2D eigenvalue weighted by molar-refractivity contribution is 0.422. The molecule has 0 heterocycles. The number of hydrogen-bond acceptors (Lipinski definition) is 2. The van der Waals surface area contributed by atoms with Gasteiger partial charge in [-0.25, -0.2) is 0 Å². The van der Waals surface area contributed by atoms with E-state index in [0.717, 1.165) is 16.7 Å². The highest BCUT2D eigenvalue weighted by Gasteiger charge is 2.26. The van der Waals surface area contributed by atoms with Crippen LogP contribution in [-0.2, 0) is 17.4 Å². The summed E-state index contributed by atoms with van der Waals surface area (Å²) in [7, 11) is 0. The van der Waals surface area contributed by atoms with E-state index in [1.54, 1.807) is 0 Å². The first-order valence-electron chi connectivity index (χ1n) is 7.53. The first kappa shape index (κ1) is 17.6. The zero-order valence-corrected chi connectivity index (χ0v) is 14.5. The first-order valence-corrected chi connectivity index (χ1v) is 7.53. The number of benzene rings is 1. The molecule has 0 aliphatic carbocycles. The molecular weight excluding hydrogens is 258 g/mol. The van der Waals surface area contributed by atoms with E-state index in [4.69, 9.17) is 6.42 Å². The highest BCUT2D eigenvalue weighted by molar-refractivity contribution is 5.49. The van der Waals surface area contributed by atoms with E-state index in [1.165, 1.54) is 0 Å². The van der Waals surface area contributed by atoms with Crippen LogP contribution in [0.15, 0.2) is 12.1 Å². The van der Waals surface area contributed by atoms with Gasteiger partial charge >= 0.3 is 0 Å². The molecule has 1 atom stereocenters. The minimum Gasteiger partial charge on any atom is -0.507 e. The number of hydrogen-bond donors (Lipinski definition) is 2. The van der Waals surface area contributed by atoms with E-state index in [1.807, 2.05) is 6.92 Å². The molecule has 0 aliphatic rings. The van der Waals surface area contributed by atoms with Crippen LogP contribution in [0.1, 0.15) is 65.2 Å². The molecule has 2 N–H and O–H groups in total. The van der Waals surface area contributed by atoms with Gasteiger partial charge in [0.15, 0.2) is 0 Å². The molecule has 0 saturated heterocycles. The lowest BCUT2D eigenvalue weighted by Crippen LogP contribution is -2.25. The molecule has 0 bridgehead atoms. The molecule has 2 nitrogen and oxygen atoms in total. The quantitative estimate of drug-likeness (QED) is 0.820. The molecular formula is C19H29NO. The summed E-state index contributed by atoms with van der Waals surface area (Å²) in [5.41, 5.74) is 2.93. The summed E-state index contributed by atoms with van der Waals surface area (Å²) in [5.74, 6) is 3.10. The van der Waals surface area contributed by atoms with Crippen LogP contribution in [-0.4, -0.2) is 11.1 Å². The van der Waals surface area contributed by atoms with Crippen LogP contribution in [0.4, 0.5) is 0 Å². The van der Waals surface area contributed by atoms with E-state index in [0.29, 0.717) is 12.3 Å². The van der Waals surface area contributed by atoms with Crippen LogP contribution in [0, 0.1) is 12.3 Å². The summed E-state index contributed by atoms with van der Waals surface area (Å²) in [6.45, 7) is 15.4. The molecule has 0 amide bonds. The second-order valence-corrected chi connectivity index (χ2v) is 7.81. The summed E-state index contributed by atoms with van der Waals surface area (Å²) >= 11 is 0. The molecule has 21 heavy (non-hydrogen) atoms. The van der Waals surface area contributed by atoms with Gasteiger partial charge in [0.05, 0.1) is 6.04 Å². The maximum Gasteiger partial charge on any atom is 0.123 e. The molecule has 1 aromatic carbocycles. The predicted octanol–water partition coefficient (Wildman–Crippen LogP) is 4.10. The van der Waals surface area contributed by atoms with Crippen molar-refractivity contribution in [3.8, 4) is 18.1 Å². The van der Waals surface area contributed by atoms with Crippen molar-refractivity contribution >= 4 is 0 Å². The van der Waals surface area contributed by atoms with Crippen LogP contribution < -0.4 is 5.32 Å². The topological polar surface area (TPSA) is 32.3 Å². The Kier molecular flexibility index (Phi) is 5.12. The molecule has 1 rings (SSSR count). The zero-order valence-electron chi connectivity index (χ0n) is 14.5. The van der Waals surface area contributed by atoms with Crippen LogP contribution in [0.25, 0.3) is 0 Å². The maximum absolute atomic E-state index is 10.7. The standard InChI is InChI=1S/C19H29NO/c1-9-13(2)20-12-14-10-15(18(3,4)5)17(21)16(11-14)19(6,7)8/h1,10-11,13,20-21H,12H2,2-8H3. The molecule has 1 unspecified atom stereocenters. The number of terminal acetylenes is 1. The van der Waals surface area contributed by atoms with E-state index >= 15 is 0 Å². The van der Waals surface area contributed by atoms with Crippen molar-refractivity contribution in [1.82, 2.24) is 5.32 Å². The number of rotatable bonds is 3. The van der Waals surface area contributed by atoms with E-state index < -0.39 is 0 Å². The van der Waals surface area contributed by atoms with Gasteiger partial charge in [-0.3, -0.25) is 5.32 Å².